The number of rotatable bonds is 6. The fourth-order valence-electron chi connectivity index (χ4n) is 3.08. The summed E-state index contributed by atoms with van der Waals surface area (Å²) in [4.78, 5) is 22.2. The normalized spacial score (nSPS) is 15.4. The van der Waals surface area contributed by atoms with E-state index in [4.69, 9.17) is 0 Å². The Kier molecular flexibility index (Phi) is 4.74. The summed E-state index contributed by atoms with van der Waals surface area (Å²) in [6.07, 6.45) is 7.98. The fourth-order valence-corrected chi connectivity index (χ4v) is 3.08. The van der Waals surface area contributed by atoms with Gasteiger partial charge in [0.25, 0.3) is 0 Å². The van der Waals surface area contributed by atoms with Crippen molar-refractivity contribution in [2.24, 2.45) is 0 Å². The number of anilines is 1. The Morgan fingerprint density at radius 2 is 2.04 bits per heavy atom. The Morgan fingerprint density at radius 3 is 2.62 bits per heavy atom. The number of nitrogens with one attached hydrogen (secondary N) is 1. The third-order valence-electron chi connectivity index (χ3n) is 4.71. The Bertz CT molecular complexity index is 686. The topological polar surface area (TPSA) is 58.1 Å². The minimum Gasteiger partial charge on any atom is -0.354 e. The van der Waals surface area contributed by atoms with Crippen LogP contribution >= 0.6 is 0 Å². The number of amides is 1. The second-order valence-corrected chi connectivity index (χ2v) is 6.34. The van der Waals surface area contributed by atoms with E-state index in [0.717, 1.165) is 24.8 Å². The highest BCUT2D eigenvalue weighted by Crippen LogP contribution is 2.43. The number of aromatic nitrogens is 2. The first-order chi connectivity index (χ1) is 11.6. The molecule has 6 heteroatoms. The monoisotopic (exact) mass is 328 g/mol. The quantitative estimate of drug-likeness (QED) is 0.884. The predicted molar refractivity (Wildman–Crippen MR) is 90.2 cm³/mol. The second-order valence-electron chi connectivity index (χ2n) is 6.34. The molecule has 1 aromatic heterocycles. The average Bonchev–Trinajstić information content (AvgIpc) is 2.56. The van der Waals surface area contributed by atoms with Crippen molar-refractivity contribution in [3.63, 3.8) is 0 Å². The summed E-state index contributed by atoms with van der Waals surface area (Å²) < 4.78 is 13.1. The van der Waals surface area contributed by atoms with E-state index in [0.29, 0.717) is 12.4 Å². The van der Waals surface area contributed by atoms with E-state index in [-0.39, 0.29) is 23.7 Å². The van der Waals surface area contributed by atoms with Gasteiger partial charge >= 0.3 is 0 Å². The van der Waals surface area contributed by atoms with E-state index >= 15 is 0 Å². The van der Waals surface area contributed by atoms with Gasteiger partial charge < -0.3 is 10.2 Å². The van der Waals surface area contributed by atoms with E-state index in [1.807, 2.05) is 19.2 Å². The van der Waals surface area contributed by atoms with Crippen molar-refractivity contribution in [3.05, 3.63) is 54.2 Å². The van der Waals surface area contributed by atoms with Crippen LogP contribution in [0.4, 0.5) is 10.2 Å². The third kappa shape index (κ3) is 3.53. The molecule has 2 aromatic rings. The van der Waals surface area contributed by atoms with Gasteiger partial charge in [0, 0.05) is 31.4 Å². The number of carbonyl (C=O) groups excluding carboxylic acids is 1. The summed E-state index contributed by atoms with van der Waals surface area (Å²) in [6.45, 7) is 0.796. The molecule has 1 heterocycles. The molecule has 1 aliphatic carbocycles. The molecule has 1 aromatic carbocycles. The first kappa shape index (κ1) is 16.4. The smallest absolute Gasteiger partial charge is 0.239 e. The molecule has 24 heavy (non-hydrogen) atoms. The second kappa shape index (κ2) is 6.95. The Morgan fingerprint density at radius 1 is 1.29 bits per heavy atom. The van der Waals surface area contributed by atoms with Crippen molar-refractivity contribution in [2.75, 3.05) is 25.0 Å². The molecule has 0 atom stereocenters. The fraction of sp³-hybridized carbons (Fsp3) is 0.389. The Balaban J connectivity index is 1.57. The van der Waals surface area contributed by atoms with Crippen LogP contribution in [-0.4, -0.2) is 36.0 Å². The summed E-state index contributed by atoms with van der Waals surface area (Å²) in [6, 6.07) is 6.62. The van der Waals surface area contributed by atoms with Gasteiger partial charge in [-0.1, -0.05) is 18.6 Å². The minimum absolute atomic E-state index is 0.0588. The molecule has 5 nitrogen and oxygen atoms in total. The van der Waals surface area contributed by atoms with Crippen molar-refractivity contribution in [1.29, 1.82) is 0 Å². The zero-order valence-electron chi connectivity index (χ0n) is 13.7. The Hall–Kier alpha value is -2.50. The molecule has 0 aliphatic heterocycles. The van der Waals surface area contributed by atoms with Gasteiger partial charge in [0.15, 0.2) is 0 Å². The van der Waals surface area contributed by atoms with Crippen molar-refractivity contribution >= 4 is 11.7 Å². The van der Waals surface area contributed by atoms with E-state index in [9.17, 15) is 9.18 Å². The highest BCUT2D eigenvalue weighted by atomic mass is 19.1. The first-order valence-electron chi connectivity index (χ1n) is 8.09. The number of likely N-dealkylation sites (N-methyl/N-ethyl adjacent to an activating group) is 1. The summed E-state index contributed by atoms with van der Waals surface area (Å²) >= 11 is 0. The zero-order chi connectivity index (χ0) is 17.0. The number of benzene rings is 1. The summed E-state index contributed by atoms with van der Waals surface area (Å²) in [5.41, 5.74) is 1.03. The van der Waals surface area contributed by atoms with Crippen LogP contribution in [0, 0.1) is 5.82 Å². The third-order valence-corrected chi connectivity index (χ3v) is 4.71. The zero-order valence-corrected chi connectivity index (χ0v) is 13.7. The van der Waals surface area contributed by atoms with Gasteiger partial charge in [-0.25, -0.2) is 9.37 Å². The predicted octanol–water partition coefficient (Wildman–Crippen LogP) is 2.29. The molecule has 1 fully saturated rings. The van der Waals surface area contributed by atoms with Gasteiger partial charge in [-0.05, 0) is 30.5 Å². The maximum Gasteiger partial charge on any atom is 0.239 e. The highest BCUT2D eigenvalue weighted by molar-refractivity contribution is 5.80. The van der Waals surface area contributed by atoms with Gasteiger partial charge in [0.1, 0.15) is 11.6 Å². The number of nitrogens with zero attached hydrogens (tertiary/aromatic N) is 3. The molecule has 0 spiro atoms. The molecule has 0 radical (unpaired) electrons. The van der Waals surface area contributed by atoms with Crippen LogP contribution in [0.15, 0.2) is 42.9 Å². The van der Waals surface area contributed by atoms with Gasteiger partial charge in [-0.2, -0.15) is 0 Å². The first-order valence-corrected chi connectivity index (χ1v) is 8.09. The number of hydrogen-bond acceptors (Lipinski definition) is 4. The lowest BCUT2D eigenvalue weighted by Crippen LogP contribution is -2.47. The molecule has 0 saturated heterocycles. The van der Waals surface area contributed by atoms with Crippen LogP contribution in [0.3, 0.4) is 0 Å². The van der Waals surface area contributed by atoms with Gasteiger partial charge in [-0.3, -0.25) is 9.78 Å². The van der Waals surface area contributed by atoms with E-state index in [2.05, 4.69) is 15.3 Å². The SMILES string of the molecule is CN(CC(=O)NCC1(c2ccc(F)cc2)CCC1)c1cnccn1. The van der Waals surface area contributed by atoms with Crippen LogP contribution in [0.2, 0.25) is 0 Å². The molecular formula is C18H21FN4O. The summed E-state index contributed by atoms with van der Waals surface area (Å²) in [5, 5.41) is 3.02. The van der Waals surface area contributed by atoms with Gasteiger partial charge in [0.05, 0.1) is 12.7 Å². The van der Waals surface area contributed by atoms with Crippen molar-refractivity contribution in [1.82, 2.24) is 15.3 Å². The maximum absolute atomic E-state index is 13.1. The number of carbonyl (C=O) groups is 1. The van der Waals surface area contributed by atoms with Crippen LogP contribution in [0.5, 0.6) is 0 Å². The lowest BCUT2D eigenvalue weighted by Gasteiger charge is -2.42. The molecule has 1 amide bonds. The average molecular weight is 328 g/mol. The molecule has 0 unspecified atom stereocenters. The minimum atomic E-state index is -0.233. The molecule has 126 valence electrons. The maximum atomic E-state index is 13.1. The molecule has 3 rings (SSSR count). The lowest BCUT2D eigenvalue weighted by molar-refractivity contribution is -0.120. The van der Waals surface area contributed by atoms with Gasteiger partial charge in [0.2, 0.25) is 5.91 Å². The van der Waals surface area contributed by atoms with Crippen LogP contribution in [-0.2, 0) is 10.2 Å². The van der Waals surface area contributed by atoms with Crippen molar-refractivity contribution in [3.8, 4) is 0 Å². The van der Waals surface area contributed by atoms with E-state index in [1.165, 1.54) is 12.1 Å². The van der Waals surface area contributed by atoms with Crippen LogP contribution < -0.4 is 10.2 Å². The molecule has 1 N–H and O–H groups in total. The molecule has 0 bridgehead atoms. The molecular weight excluding hydrogens is 307 g/mol. The van der Waals surface area contributed by atoms with Gasteiger partial charge in [-0.15, -0.1) is 0 Å². The molecule has 1 aliphatic rings. The van der Waals surface area contributed by atoms with E-state index < -0.39 is 0 Å². The largest absolute Gasteiger partial charge is 0.354 e. The number of halogens is 1. The lowest BCUT2D eigenvalue weighted by atomic mass is 9.64. The highest BCUT2D eigenvalue weighted by Gasteiger charge is 2.38. The standard InChI is InChI=1S/C18H21FN4O/c1-23(16-11-20-9-10-21-16)12-17(24)22-13-18(7-2-8-18)14-3-5-15(19)6-4-14/h3-6,9-11H,2,7-8,12-13H2,1H3,(H,22,24). The summed E-state index contributed by atoms with van der Waals surface area (Å²) in [5.74, 6) is 0.365. The molecule has 1 saturated carbocycles. The van der Waals surface area contributed by atoms with Crippen LogP contribution in [0.25, 0.3) is 0 Å². The number of hydrogen-bond donors (Lipinski definition) is 1. The Labute approximate surface area is 140 Å². The van der Waals surface area contributed by atoms with Crippen molar-refractivity contribution < 1.29 is 9.18 Å². The van der Waals surface area contributed by atoms with Crippen LogP contribution in [0.1, 0.15) is 24.8 Å². The van der Waals surface area contributed by atoms with E-state index in [1.54, 1.807) is 23.5 Å². The van der Waals surface area contributed by atoms with Crippen molar-refractivity contribution in [2.45, 2.75) is 24.7 Å². The summed E-state index contributed by atoms with van der Waals surface area (Å²) in [7, 11) is 1.81.